The Morgan fingerprint density at radius 2 is 2.22 bits per heavy atom. The Morgan fingerprint density at radius 1 is 1.67 bits per heavy atom. The highest BCUT2D eigenvalue weighted by molar-refractivity contribution is 4.80. The third kappa shape index (κ3) is 4.18. The van der Waals surface area contributed by atoms with Crippen LogP contribution in [0, 0.1) is 5.41 Å². The minimum Gasteiger partial charge on any atom is -0.271 e. The molecular weight excluding hydrogens is 112 g/mol. The van der Waals surface area contributed by atoms with E-state index in [1.165, 1.54) is 0 Å². The van der Waals surface area contributed by atoms with E-state index < -0.39 is 0 Å². The van der Waals surface area contributed by atoms with Crippen LogP contribution in [0.2, 0.25) is 0 Å². The molecule has 0 saturated heterocycles. The van der Waals surface area contributed by atoms with Crippen LogP contribution < -0.4 is 11.3 Å². The van der Waals surface area contributed by atoms with Gasteiger partial charge >= 0.3 is 0 Å². The molecule has 2 heteroatoms. The highest BCUT2D eigenvalue weighted by atomic mass is 15.2. The highest BCUT2D eigenvalue weighted by Crippen LogP contribution is 2.18. The van der Waals surface area contributed by atoms with Gasteiger partial charge in [-0.25, -0.2) is 0 Å². The van der Waals surface area contributed by atoms with E-state index in [1.807, 2.05) is 6.08 Å². The van der Waals surface area contributed by atoms with Gasteiger partial charge in [0.05, 0.1) is 0 Å². The second-order valence-corrected chi connectivity index (χ2v) is 3.04. The standard InChI is InChI=1S/C7H16N2/c1-4-5-7(2,3)6-9-8/h4,9H,1,5-6,8H2,2-3H3. The van der Waals surface area contributed by atoms with Gasteiger partial charge in [-0.3, -0.25) is 11.3 Å². The van der Waals surface area contributed by atoms with Gasteiger partial charge in [-0.15, -0.1) is 6.58 Å². The van der Waals surface area contributed by atoms with Crippen LogP contribution >= 0.6 is 0 Å². The third-order valence-electron chi connectivity index (χ3n) is 1.28. The Balaban J connectivity index is 3.55. The number of hydrogen-bond donors (Lipinski definition) is 2. The molecule has 0 saturated carbocycles. The smallest absolute Gasteiger partial charge is 0.0152 e. The first-order chi connectivity index (χ1) is 4.12. The van der Waals surface area contributed by atoms with Crippen molar-refractivity contribution in [3.05, 3.63) is 12.7 Å². The summed E-state index contributed by atoms with van der Waals surface area (Å²) >= 11 is 0. The summed E-state index contributed by atoms with van der Waals surface area (Å²) in [7, 11) is 0. The zero-order chi connectivity index (χ0) is 7.33. The van der Waals surface area contributed by atoms with Crippen LogP contribution in [0.15, 0.2) is 12.7 Å². The van der Waals surface area contributed by atoms with Crippen molar-refractivity contribution in [2.24, 2.45) is 11.3 Å². The summed E-state index contributed by atoms with van der Waals surface area (Å²) in [4.78, 5) is 0. The van der Waals surface area contributed by atoms with Crippen molar-refractivity contribution in [1.29, 1.82) is 0 Å². The van der Waals surface area contributed by atoms with Crippen molar-refractivity contribution in [3.8, 4) is 0 Å². The fraction of sp³-hybridized carbons (Fsp3) is 0.714. The summed E-state index contributed by atoms with van der Waals surface area (Å²) in [5, 5.41) is 0. The summed E-state index contributed by atoms with van der Waals surface area (Å²) in [6.45, 7) is 8.79. The zero-order valence-electron chi connectivity index (χ0n) is 6.28. The lowest BCUT2D eigenvalue weighted by Crippen LogP contribution is -2.33. The van der Waals surface area contributed by atoms with Crippen LogP contribution in [0.5, 0.6) is 0 Å². The molecule has 3 N–H and O–H groups in total. The van der Waals surface area contributed by atoms with Gasteiger partial charge < -0.3 is 0 Å². The fourth-order valence-electron chi connectivity index (χ4n) is 0.739. The van der Waals surface area contributed by atoms with Gasteiger partial charge in [0, 0.05) is 6.54 Å². The van der Waals surface area contributed by atoms with E-state index >= 15 is 0 Å². The average molecular weight is 128 g/mol. The predicted octanol–water partition coefficient (Wildman–Crippen LogP) is 1.05. The first-order valence-electron chi connectivity index (χ1n) is 3.17. The number of rotatable bonds is 4. The molecule has 0 aromatic carbocycles. The van der Waals surface area contributed by atoms with E-state index in [0.29, 0.717) is 0 Å². The Labute approximate surface area is 57.1 Å². The number of hydrazine groups is 1. The van der Waals surface area contributed by atoms with Gasteiger partial charge in [-0.1, -0.05) is 19.9 Å². The molecule has 0 unspecified atom stereocenters. The quantitative estimate of drug-likeness (QED) is 0.337. The van der Waals surface area contributed by atoms with Crippen molar-refractivity contribution >= 4 is 0 Å². The Hall–Kier alpha value is -0.340. The van der Waals surface area contributed by atoms with E-state index in [2.05, 4.69) is 25.9 Å². The van der Waals surface area contributed by atoms with Gasteiger partial charge in [-0.05, 0) is 11.8 Å². The third-order valence-corrected chi connectivity index (χ3v) is 1.28. The second kappa shape index (κ2) is 3.64. The monoisotopic (exact) mass is 128 g/mol. The molecule has 0 spiro atoms. The molecule has 0 aliphatic rings. The second-order valence-electron chi connectivity index (χ2n) is 3.04. The molecule has 0 aliphatic carbocycles. The van der Waals surface area contributed by atoms with Gasteiger partial charge in [0.15, 0.2) is 0 Å². The molecule has 0 aliphatic heterocycles. The van der Waals surface area contributed by atoms with Crippen molar-refractivity contribution < 1.29 is 0 Å². The van der Waals surface area contributed by atoms with Crippen LogP contribution in [-0.2, 0) is 0 Å². The molecule has 54 valence electrons. The summed E-state index contributed by atoms with van der Waals surface area (Å²) in [5.74, 6) is 5.16. The number of nitrogens with two attached hydrogens (primary N) is 1. The highest BCUT2D eigenvalue weighted by Gasteiger charge is 2.13. The van der Waals surface area contributed by atoms with Crippen molar-refractivity contribution in [2.75, 3.05) is 6.54 Å². The lowest BCUT2D eigenvalue weighted by atomic mass is 9.90. The molecule has 9 heavy (non-hydrogen) atoms. The molecule has 0 atom stereocenters. The maximum absolute atomic E-state index is 5.16. The minimum atomic E-state index is 0.247. The van der Waals surface area contributed by atoms with Gasteiger partial charge in [-0.2, -0.15) is 0 Å². The molecular formula is C7H16N2. The molecule has 0 amide bonds. The number of allylic oxidation sites excluding steroid dienone is 1. The number of nitrogens with one attached hydrogen (secondary N) is 1. The minimum absolute atomic E-state index is 0.247. The maximum Gasteiger partial charge on any atom is 0.0152 e. The Bertz CT molecular complexity index is 86.9. The van der Waals surface area contributed by atoms with Gasteiger partial charge in [0.2, 0.25) is 0 Å². The summed E-state index contributed by atoms with van der Waals surface area (Å²) in [6.07, 6.45) is 2.91. The topological polar surface area (TPSA) is 38.0 Å². The van der Waals surface area contributed by atoms with E-state index in [4.69, 9.17) is 5.84 Å². The van der Waals surface area contributed by atoms with Crippen molar-refractivity contribution in [3.63, 3.8) is 0 Å². The lowest BCUT2D eigenvalue weighted by molar-refractivity contribution is 0.348. The molecule has 0 bridgehead atoms. The molecule has 0 heterocycles. The van der Waals surface area contributed by atoms with Crippen LogP contribution in [0.4, 0.5) is 0 Å². The molecule has 0 aromatic rings. The Morgan fingerprint density at radius 3 is 2.56 bits per heavy atom. The zero-order valence-corrected chi connectivity index (χ0v) is 6.28. The molecule has 2 nitrogen and oxygen atoms in total. The molecule has 0 aromatic heterocycles. The first-order valence-corrected chi connectivity index (χ1v) is 3.17. The van der Waals surface area contributed by atoms with Gasteiger partial charge in [0.25, 0.3) is 0 Å². The first kappa shape index (κ1) is 8.66. The summed E-state index contributed by atoms with van der Waals surface area (Å²) in [5.41, 5.74) is 2.89. The summed E-state index contributed by atoms with van der Waals surface area (Å²) < 4.78 is 0. The number of hydrogen-bond acceptors (Lipinski definition) is 2. The van der Waals surface area contributed by atoms with Crippen molar-refractivity contribution in [2.45, 2.75) is 20.3 Å². The Kier molecular flexibility index (Phi) is 3.50. The van der Waals surface area contributed by atoms with E-state index in [-0.39, 0.29) is 5.41 Å². The SMILES string of the molecule is C=CCC(C)(C)CNN. The fourth-order valence-corrected chi connectivity index (χ4v) is 0.739. The lowest BCUT2D eigenvalue weighted by Gasteiger charge is -2.21. The van der Waals surface area contributed by atoms with E-state index in [9.17, 15) is 0 Å². The maximum atomic E-state index is 5.16. The van der Waals surface area contributed by atoms with Crippen molar-refractivity contribution in [1.82, 2.24) is 5.43 Å². The van der Waals surface area contributed by atoms with Crippen LogP contribution in [0.1, 0.15) is 20.3 Å². The molecule has 0 fully saturated rings. The molecule has 0 radical (unpaired) electrons. The normalized spacial score (nSPS) is 11.4. The van der Waals surface area contributed by atoms with Crippen LogP contribution in [-0.4, -0.2) is 6.54 Å². The van der Waals surface area contributed by atoms with Crippen LogP contribution in [0.3, 0.4) is 0 Å². The average Bonchev–Trinajstić information content (AvgIpc) is 1.64. The van der Waals surface area contributed by atoms with E-state index in [1.54, 1.807) is 0 Å². The van der Waals surface area contributed by atoms with Crippen LogP contribution in [0.25, 0.3) is 0 Å². The van der Waals surface area contributed by atoms with Gasteiger partial charge in [0.1, 0.15) is 0 Å². The molecule has 0 rings (SSSR count). The summed E-state index contributed by atoms with van der Waals surface area (Å²) in [6, 6.07) is 0. The predicted molar refractivity (Wildman–Crippen MR) is 40.8 cm³/mol. The van der Waals surface area contributed by atoms with E-state index in [0.717, 1.165) is 13.0 Å². The largest absolute Gasteiger partial charge is 0.271 e.